The molecule has 0 spiro atoms. The summed E-state index contributed by atoms with van der Waals surface area (Å²) in [4.78, 5) is 21.2. The number of ether oxygens (including phenoxy) is 2. The van der Waals surface area contributed by atoms with Gasteiger partial charge in [-0.15, -0.1) is 6.58 Å². The molecular formula is C37H54N2O7. The molecule has 0 unspecified atom stereocenters. The van der Waals surface area contributed by atoms with Gasteiger partial charge in [-0.3, -0.25) is 4.79 Å². The second kappa shape index (κ2) is 15.8. The van der Waals surface area contributed by atoms with E-state index < -0.39 is 11.8 Å². The van der Waals surface area contributed by atoms with Crippen molar-refractivity contribution in [3.63, 3.8) is 0 Å². The van der Waals surface area contributed by atoms with Gasteiger partial charge in [0.05, 0.1) is 18.2 Å². The number of benzene rings is 1. The number of unbranched alkanes of at least 4 members (excludes halogenated alkanes) is 2. The highest BCUT2D eigenvalue weighted by Gasteiger charge is 2.65. The molecule has 5 rings (SSSR count). The van der Waals surface area contributed by atoms with Crippen molar-refractivity contribution < 1.29 is 34.4 Å². The Morgan fingerprint density at radius 2 is 1.87 bits per heavy atom. The average molecular weight is 639 g/mol. The number of carbonyl (C=O) groups excluding carboxylic acids is 1. The van der Waals surface area contributed by atoms with E-state index >= 15 is 0 Å². The van der Waals surface area contributed by atoms with Crippen LogP contribution in [0.1, 0.15) is 95.0 Å². The van der Waals surface area contributed by atoms with Crippen molar-refractivity contribution in [3.05, 3.63) is 48.1 Å². The summed E-state index contributed by atoms with van der Waals surface area (Å²) in [6.07, 6.45) is 15.6. The van der Waals surface area contributed by atoms with E-state index in [1.807, 2.05) is 24.1 Å². The van der Waals surface area contributed by atoms with Crippen LogP contribution in [0.15, 0.2) is 47.7 Å². The van der Waals surface area contributed by atoms with E-state index in [0.29, 0.717) is 30.9 Å². The molecule has 9 heteroatoms. The van der Waals surface area contributed by atoms with Gasteiger partial charge in [-0.25, -0.2) is 0 Å². The van der Waals surface area contributed by atoms with Crippen LogP contribution in [0.4, 0.5) is 0 Å². The van der Waals surface area contributed by atoms with Gasteiger partial charge in [0.15, 0.2) is 0 Å². The molecule has 0 saturated heterocycles. The largest absolute Gasteiger partial charge is 0.508 e. The van der Waals surface area contributed by atoms with E-state index in [2.05, 4.69) is 17.8 Å². The van der Waals surface area contributed by atoms with Crippen molar-refractivity contribution in [1.29, 1.82) is 0 Å². The summed E-state index contributed by atoms with van der Waals surface area (Å²) in [7, 11) is 3.42. The van der Waals surface area contributed by atoms with Gasteiger partial charge in [-0.1, -0.05) is 55.8 Å². The zero-order chi connectivity index (χ0) is 32.7. The van der Waals surface area contributed by atoms with Gasteiger partial charge in [0.1, 0.15) is 24.7 Å². The molecule has 0 bridgehead atoms. The highest BCUT2D eigenvalue weighted by molar-refractivity contribution is 6.03. The fourth-order valence-electron chi connectivity index (χ4n) is 8.82. The lowest BCUT2D eigenvalue weighted by molar-refractivity contribution is -0.255. The number of carbonyl (C=O) groups is 1. The molecule has 46 heavy (non-hydrogen) atoms. The fourth-order valence-corrected chi connectivity index (χ4v) is 8.82. The van der Waals surface area contributed by atoms with E-state index in [4.69, 9.17) is 14.3 Å². The molecule has 1 amide bonds. The predicted molar refractivity (Wildman–Crippen MR) is 178 cm³/mol. The Morgan fingerprint density at radius 3 is 2.57 bits per heavy atom. The maximum Gasteiger partial charge on any atom is 0.239 e. The SMILES string of the molecule is C=CCO[C@@]12Oc3ccc(O)cc3[C@H]3[C@H](CCCCO)[C@@H](CCCCO)C=C(C(=NOC)C[C@@H]1N(C)C(=O)CCC1CCCC1)[C@H]32. The van der Waals surface area contributed by atoms with Gasteiger partial charge < -0.3 is 34.5 Å². The zero-order valence-corrected chi connectivity index (χ0v) is 27.7. The summed E-state index contributed by atoms with van der Waals surface area (Å²) >= 11 is 0. The number of aliphatic hydroxyl groups excluding tert-OH is 2. The first-order valence-corrected chi connectivity index (χ1v) is 17.4. The molecule has 6 atom stereocenters. The number of likely N-dealkylation sites (N-methyl/N-ethyl adjacent to an activating group) is 1. The first kappa shape index (κ1) is 34.5. The molecule has 1 aliphatic heterocycles. The Bertz CT molecular complexity index is 1260. The number of phenolic OH excluding ortho intramolecular Hbond substituents is 1. The number of oxime groups is 1. The number of allylic oxidation sites excluding steroid dienone is 1. The normalized spacial score (nSPS) is 29.4. The summed E-state index contributed by atoms with van der Waals surface area (Å²) in [5.74, 6) is 0.0954. The molecule has 1 aromatic rings. The van der Waals surface area contributed by atoms with Gasteiger partial charge in [-0.2, -0.15) is 0 Å². The smallest absolute Gasteiger partial charge is 0.239 e. The molecular weight excluding hydrogens is 584 g/mol. The Morgan fingerprint density at radius 1 is 1.13 bits per heavy atom. The van der Waals surface area contributed by atoms with Crippen LogP contribution in [-0.4, -0.2) is 77.6 Å². The molecule has 3 aliphatic carbocycles. The van der Waals surface area contributed by atoms with Gasteiger partial charge in [0, 0.05) is 44.6 Å². The molecule has 0 aromatic heterocycles. The topological polar surface area (TPSA) is 121 Å². The van der Waals surface area contributed by atoms with E-state index in [9.17, 15) is 20.1 Å². The quantitative estimate of drug-likeness (QED) is 0.114. The number of aromatic hydroxyl groups is 1. The molecule has 254 valence electrons. The molecule has 2 fully saturated rings. The summed E-state index contributed by atoms with van der Waals surface area (Å²) in [6.45, 7) is 4.46. The number of fused-ring (bicyclic) bond motifs is 2. The van der Waals surface area contributed by atoms with Crippen LogP contribution in [0.3, 0.4) is 0 Å². The number of rotatable bonds is 16. The maximum atomic E-state index is 14.0. The van der Waals surface area contributed by atoms with Crippen LogP contribution in [0, 0.1) is 23.7 Å². The van der Waals surface area contributed by atoms with Crippen molar-refractivity contribution in [2.75, 3.05) is 34.0 Å². The number of hydrogen-bond acceptors (Lipinski definition) is 8. The van der Waals surface area contributed by atoms with Crippen LogP contribution in [-0.2, 0) is 14.4 Å². The van der Waals surface area contributed by atoms with Gasteiger partial charge >= 0.3 is 0 Å². The molecule has 2 saturated carbocycles. The lowest BCUT2D eigenvalue weighted by atomic mass is 9.55. The summed E-state index contributed by atoms with van der Waals surface area (Å²) in [5.41, 5.74) is 2.70. The first-order chi connectivity index (χ1) is 22.4. The first-order valence-electron chi connectivity index (χ1n) is 17.4. The van der Waals surface area contributed by atoms with Crippen molar-refractivity contribution in [3.8, 4) is 11.5 Å². The summed E-state index contributed by atoms with van der Waals surface area (Å²) in [5, 5.41) is 34.6. The van der Waals surface area contributed by atoms with Gasteiger partial charge in [0.25, 0.3) is 0 Å². The minimum atomic E-state index is -1.23. The van der Waals surface area contributed by atoms with E-state index in [-0.39, 0.29) is 55.1 Å². The van der Waals surface area contributed by atoms with E-state index in [1.165, 1.54) is 25.7 Å². The van der Waals surface area contributed by atoms with E-state index in [0.717, 1.165) is 55.4 Å². The van der Waals surface area contributed by atoms with Crippen molar-refractivity contribution in [1.82, 2.24) is 4.90 Å². The average Bonchev–Trinajstić information content (AvgIpc) is 3.58. The highest BCUT2D eigenvalue weighted by atomic mass is 16.7. The molecule has 9 nitrogen and oxygen atoms in total. The zero-order valence-electron chi connectivity index (χ0n) is 27.7. The third kappa shape index (κ3) is 7.02. The maximum absolute atomic E-state index is 14.0. The number of aliphatic hydroxyl groups is 2. The van der Waals surface area contributed by atoms with Crippen LogP contribution < -0.4 is 4.74 Å². The van der Waals surface area contributed by atoms with Crippen molar-refractivity contribution in [2.45, 2.75) is 101 Å². The van der Waals surface area contributed by atoms with Crippen LogP contribution >= 0.6 is 0 Å². The number of nitrogens with zero attached hydrogens (tertiary/aromatic N) is 2. The van der Waals surface area contributed by atoms with Gasteiger partial charge in [-0.05, 0) is 73.6 Å². The molecule has 3 N–H and O–H groups in total. The minimum absolute atomic E-state index is 0.0662. The second-order valence-electron chi connectivity index (χ2n) is 13.7. The second-order valence-corrected chi connectivity index (χ2v) is 13.7. The monoisotopic (exact) mass is 638 g/mol. The number of amides is 1. The van der Waals surface area contributed by atoms with Crippen LogP contribution in [0.2, 0.25) is 0 Å². The Labute approximate surface area is 274 Å². The summed E-state index contributed by atoms with van der Waals surface area (Å²) in [6, 6.07) is 4.79. The Balaban J connectivity index is 1.65. The number of hydrogen-bond donors (Lipinski definition) is 3. The minimum Gasteiger partial charge on any atom is -0.508 e. The van der Waals surface area contributed by atoms with Crippen LogP contribution in [0.25, 0.3) is 0 Å². The van der Waals surface area contributed by atoms with Crippen molar-refractivity contribution >= 4 is 11.6 Å². The molecule has 1 aromatic carbocycles. The number of phenols is 1. The highest BCUT2D eigenvalue weighted by Crippen LogP contribution is 2.61. The van der Waals surface area contributed by atoms with E-state index in [1.54, 1.807) is 19.3 Å². The third-order valence-electron chi connectivity index (χ3n) is 11.0. The molecule has 1 heterocycles. The van der Waals surface area contributed by atoms with Crippen LogP contribution in [0.5, 0.6) is 11.5 Å². The molecule has 4 aliphatic rings. The van der Waals surface area contributed by atoms with Crippen molar-refractivity contribution in [2.24, 2.45) is 28.8 Å². The Hall–Kier alpha value is -2.88. The third-order valence-corrected chi connectivity index (χ3v) is 11.0. The lowest BCUT2D eigenvalue weighted by Gasteiger charge is -2.59. The standard InChI is InChI=1S/C37H54N2O7/c1-4-21-45-37-33(39(2)34(43)18-15-25-11-5-6-12-25)24-31(38-44-3)29-22-26(13-7-9-19-40)28(14-8-10-20-41)35(36(29)37)30-23-27(42)16-17-32(30)46-37/h4,16-17,22-23,25-26,28,33,35-36,40-42H,1,5-15,18-21,24H2,2-3H3/t26-,28+,33-,35+,36+,37+/m0/s1. The predicted octanol–water partition coefficient (Wildman–Crippen LogP) is 6.08. The molecule has 0 radical (unpaired) electrons. The lowest BCUT2D eigenvalue weighted by Crippen LogP contribution is -2.69. The van der Waals surface area contributed by atoms with Gasteiger partial charge in [0.2, 0.25) is 11.7 Å². The fraction of sp³-hybridized carbons (Fsp3) is 0.676. The summed E-state index contributed by atoms with van der Waals surface area (Å²) < 4.78 is 13.9. The Kier molecular flexibility index (Phi) is 11.8.